The van der Waals surface area contributed by atoms with Crippen molar-refractivity contribution < 1.29 is 0 Å². The molecule has 0 amide bonds. The van der Waals surface area contributed by atoms with E-state index in [2.05, 4.69) is 25.5 Å². The molecule has 2 N–H and O–H groups in total. The Balaban J connectivity index is 2.09. The maximum Gasteiger partial charge on any atom is 0.125 e. The van der Waals surface area contributed by atoms with Crippen LogP contribution in [0.3, 0.4) is 0 Å². The second kappa shape index (κ2) is 3.68. The zero-order valence-electron chi connectivity index (χ0n) is 9.12. The Hall–Kier alpha value is -1.75. The molecule has 5 nitrogen and oxygen atoms in total. The number of aromatic amines is 1. The second-order valence-electron chi connectivity index (χ2n) is 3.95. The minimum absolute atomic E-state index is 0.776. The van der Waals surface area contributed by atoms with Gasteiger partial charge in [-0.15, -0.1) is 0 Å². The van der Waals surface area contributed by atoms with Crippen molar-refractivity contribution in [2.45, 2.75) is 19.9 Å². The maximum atomic E-state index is 4.40. The SMILES string of the molecule is Cc1nccc(-c2n[nH]c3c2CNCC3)n1. The number of aromatic nitrogens is 4. The van der Waals surface area contributed by atoms with Gasteiger partial charge in [0.05, 0.1) is 5.69 Å². The highest BCUT2D eigenvalue weighted by molar-refractivity contribution is 5.60. The molecule has 0 bridgehead atoms. The van der Waals surface area contributed by atoms with E-state index in [0.717, 1.165) is 36.7 Å². The molecule has 3 heterocycles. The number of nitrogens with zero attached hydrogens (tertiary/aromatic N) is 3. The molecule has 82 valence electrons. The van der Waals surface area contributed by atoms with Gasteiger partial charge in [0, 0.05) is 37.0 Å². The molecule has 5 heteroatoms. The van der Waals surface area contributed by atoms with Gasteiger partial charge in [-0.1, -0.05) is 0 Å². The highest BCUT2D eigenvalue weighted by Gasteiger charge is 2.18. The molecular weight excluding hydrogens is 202 g/mol. The Kier molecular flexibility index (Phi) is 2.18. The van der Waals surface area contributed by atoms with E-state index in [1.165, 1.54) is 11.3 Å². The Bertz CT molecular complexity index is 517. The van der Waals surface area contributed by atoms with E-state index in [1.54, 1.807) is 6.20 Å². The van der Waals surface area contributed by atoms with Gasteiger partial charge >= 0.3 is 0 Å². The Morgan fingerprint density at radius 3 is 3.19 bits per heavy atom. The summed E-state index contributed by atoms with van der Waals surface area (Å²) in [5.74, 6) is 0.776. The van der Waals surface area contributed by atoms with E-state index < -0.39 is 0 Å². The van der Waals surface area contributed by atoms with E-state index in [4.69, 9.17) is 0 Å². The fourth-order valence-corrected chi connectivity index (χ4v) is 2.03. The molecule has 16 heavy (non-hydrogen) atoms. The molecule has 1 aliphatic rings. The molecule has 0 spiro atoms. The van der Waals surface area contributed by atoms with Crippen molar-refractivity contribution in [3.8, 4) is 11.4 Å². The van der Waals surface area contributed by atoms with Gasteiger partial charge in [0.25, 0.3) is 0 Å². The van der Waals surface area contributed by atoms with Gasteiger partial charge < -0.3 is 5.32 Å². The Morgan fingerprint density at radius 2 is 2.31 bits per heavy atom. The molecule has 2 aromatic heterocycles. The first-order valence-corrected chi connectivity index (χ1v) is 5.41. The summed E-state index contributed by atoms with van der Waals surface area (Å²) in [5.41, 5.74) is 4.32. The van der Waals surface area contributed by atoms with Crippen molar-refractivity contribution in [3.63, 3.8) is 0 Å². The van der Waals surface area contributed by atoms with Crippen LogP contribution >= 0.6 is 0 Å². The minimum Gasteiger partial charge on any atom is -0.312 e. The summed E-state index contributed by atoms with van der Waals surface area (Å²) in [6.45, 7) is 3.77. The van der Waals surface area contributed by atoms with E-state index >= 15 is 0 Å². The van der Waals surface area contributed by atoms with Gasteiger partial charge in [0.2, 0.25) is 0 Å². The quantitative estimate of drug-likeness (QED) is 0.739. The molecule has 3 rings (SSSR count). The molecule has 0 saturated carbocycles. The number of rotatable bonds is 1. The van der Waals surface area contributed by atoms with Crippen molar-refractivity contribution >= 4 is 0 Å². The monoisotopic (exact) mass is 215 g/mol. The normalized spacial score (nSPS) is 14.8. The van der Waals surface area contributed by atoms with Crippen molar-refractivity contribution in [3.05, 3.63) is 29.3 Å². The summed E-state index contributed by atoms with van der Waals surface area (Å²) in [5, 5.41) is 10.8. The molecule has 1 aliphatic heterocycles. The first-order valence-electron chi connectivity index (χ1n) is 5.41. The van der Waals surface area contributed by atoms with Crippen LogP contribution in [0.25, 0.3) is 11.4 Å². The molecule has 0 fully saturated rings. The highest BCUT2D eigenvalue weighted by Crippen LogP contribution is 2.23. The third kappa shape index (κ3) is 1.49. The third-order valence-electron chi connectivity index (χ3n) is 2.82. The summed E-state index contributed by atoms with van der Waals surface area (Å²) in [4.78, 5) is 8.50. The van der Waals surface area contributed by atoms with Crippen molar-refractivity contribution in [2.75, 3.05) is 6.54 Å². The average molecular weight is 215 g/mol. The second-order valence-corrected chi connectivity index (χ2v) is 3.95. The number of H-pyrrole nitrogens is 1. The largest absolute Gasteiger partial charge is 0.312 e. The standard InChI is InChI=1S/C11H13N5/c1-7-13-5-3-10(14-7)11-8-6-12-4-2-9(8)15-16-11/h3,5,12H,2,4,6H2,1H3,(H,15,16). The first-order chi connectivity index (χ1) is 7.84. The number of hydrogen-bond acceptors (Lipinski definition) is 4. The van der Waals surface area contributed by atoms with Gasteiger partial charge in [-0.3, -0.25) is 5.10 Å². The van der Waals surface area contributed by atoms with Crippen LogP contribution in [0.4, 0.5) is 0 Å². The minimum atomic E-state index is 0.776. The predicted molar refractivity (Wildman–Crippen MR) is 59.8 cm³/mol. The zero-order valence-corrected chi connectivity index (χ0v) is 9.12. The van der Waals surface area contributed by atoms with Gasteiger partial charge in [-0.25, -0.2) is 9.97 Å². The van der Waals surface area contributed by atoms with Gasteiger partial charge in [-0.05, 0) is 13.0 Å². The molecular formula is C11H13N5. The summed E-state index contributed by atoms with van der Waals surface area (Å²) < 4.78 is 0. The van der Waals surface area contributed by atoms with Gasteiger partial charge in [-0.2, -0.15) is 5.10 Å². The van der Waals surface area contributed by atoms with Gasteiger partial charge in [0.15, 0.2) is 0 Å². The first kappa shape index (κ1) is 9.47. The van der Waals surface area contributed by atoms with Crippen LogP contribution in [-0.4, -0.2) is 26.7 Å². The molecule has 0 saturated heterocycles. The molecule has 0 radical (unpaired) electrons. The van der Waals surface area contributed by atoms with Crippen molar-refractivity contribution in [1.29, 1.82) is 0 Å². The molecule has 0 aromatic carbocycles. The van der Waals surface area contributed by atoms with Crippen LogP contribution in [0, 0.1) is 6.92 Å². The van der Waals surface area contributed by atoms with Crippen LogP contribution in [0.1, 0.15) is 17.1 Å². The van der Waals surface area contributed by atoms with Crippen molar-refractivity contribution in [1.82, 2.24) is 25.5 Å². The number of hydrogen-bond donors (Lipinski definition) is 2. The van der Waals surface area contributed by atoms with Crippen LogP contribution in [0.2, 0.25) is 0 Å². The Labute approximate surface area is 93.3 Å². The molecule has 2 aromatic rings. The summed E-state index contributed by atoms with van der Waals surface area (Å²) in [7, 11) is 0. The predicted octanol–water partition coefficient (Wildman–Crippen LogP) is 0.821. The van der Waals surface area contributed by atoms with E-state index in [9.17, 15) is 0 Å². The molecule has 0 unspecified atom stereocenters. The van der Waals surface area contributed by atoms with E-state index in [1.807, 2.05) is 13.0 Å². The zero-order chi connectivity index (χ0) is 11.0. The molecule has 0 atom stereocenters. The van der Waals surface area contributed by atoms with Crippen LogP contribution < -0.4 is 5.32 Å². The molecule has 0 aliphatic carbocycles. The topological polar surface area (TPSA) is 66.5 Å². The van der Waals surface area contributed by atoms with Crippen LogP contribution in [0.5, 0.6) is 0 Å². The lowest BCUT2D eigenvalue weighted by Gasteiger charge is -2.12. The lowest BCUT2D eigenvalue weighted by atomic mass is 10.1. The lowest BCUT2D eigenvalue weighted by Crippen LogP contribution is -2.23. The number of nitrogens with one attached hydrogen (secondary N) is 2. The Morgan fingerprint density at radius 1 is 1.38 bits per heavy atom. The van der Waals surface area contributed by atoms with Crippen LogP contribution in [-0.2, 0) is 13.0 Å². The average Bonchev–Trinajstić information content (AvgIpc) is 2.72. The third-order valence-corrected chi connectivity index (χ3v) is 2.82. The summed E-state index contributed by atoms with van der Waals surface area (Å²) in [6, 6.07) is 1.90. The van der Waals surface area contributed by atoms with E-state index in [-0.39, 0.29) is 0 Å². The summed E-state index contributed by atoms with van der Waals surface area (Å²) in [6.07, 6.45) is 2.78. The van der Waals surface area contributed by atoms with Crippen molar-refractivity contribution in [2.24, 2.45) is 0 Å². The fourth-order valence-electron chi connectivity index (χ4n) is 2.03. The smallest absolute Gasteiger partial charge is 0.125 e. The maximum absolute atomic E-state index is 4.40. The lowest BCUT2D eigenvalue weighted by molar-refractivity contribution is 0.637. The number of fused-ring (bicyclic) bond motifs is 1. The summed E-state index contributed by atoms with van der Waals surface area (Å²) >= 11 is 0. The van der Waals surface area contributed by atoms with Crippen LogP contribution in [0.15, 0.2) is 12.3 Å². The van der Waals surface area contributed by atoms with Gasteiger partial charge in [0.1, 0.15) is 11.5 Å². The van der Waals surface area contributed by atoms with E-state index in [0.29, 0.717) is 0 Å². The number of aryl methyl sites for hydroxylation is 1. The highest BCUT2D eigenvalue weighted by atomic mass is 15.1. The fraction of sp³-hybridized carbons (Fsp3) is 0.364.